The monoisotopic (exact) mass is 279 g/mol. The van der Waals surface area contributed by atoms with Crippen LogP contribution in [-0.4, -0.2) is 24.1 Å². The molecule has 19 heavy (non-hydrogen) atoms. The zero-order valence-corrected chi connectivity index (χ0v) is 12.7. The zero-order valence-electron chi connectivity index (χ0n) is 11.9. The highest BCUT2D eigenvalue weighted by molar-refractivity contribution is 6.31. The normalized spacial score (nSPS) is 10.5. The van der Waals surface area contributed by atoms with Gasteiger partial charge in [0.2, 0.25) is 0 Å². The summed E-state index contributed by atoms with van der Waals surface area (Å²) in [6, 6.07) is 2.44. The Balaban J connectivity index is 2.89. The molecule has 4 heteroatoms. The van der Waals surface area contributed by atoms with Crippen LogP contribution in [0, 0.1) is 12.3 Å². The van der Waals surface area contributed by atoms with Crippen molar-refractivity contribution in [3.8, 4) is 12.3 Å². The molecule has 0 aliphatic rings. The van der Waals surface area contributed by atoms with E-state index in [0.717, 1.165) is 30.9 Å². The molecule has 0 aliphatic carbocycles. The average molecular weight is 280 g/mol. The Morgan fingerprint density at radius 1 is 1.53 bits per heavy atom. The van der Waals surface area contributed by atoms with E-state index in [2.05, 4.69) is 41.9 Å². The van der Waals surface area contributed by atoms with Crippen LogP contribution in [0.5, 0.6) is 0 Å². The van der Waals surface area contributed by atoms with Crippen LogP contribution in [0.1, 0.15) is 32.8 Å². The summed E-state index contributed by atoms with van der Waals surface area (Å²) in [6.07, 6.45) is 8.14. The molecule has 0 aliphatic heterocycles. The van der Waals surface area contributed by atoms with E-state index in [4.69, 9.17) is 18.0 Å². The van der Waals surface area contributed by atoms with Crippen LogP contribution in [0.4, 0.5) is 5.82 Å². The zero-order chi connectivity index (χ0) is 14.3. The molecule has 3 nitrogen and oxygen atoms in total. The topological polar surface area (TPSA) is 28.2 Å². The maximum absolute atomic E-state index is 6.18. The van der Waals surface area contributed by atoms with Crippen molar-refractivity contribution in [1.29, 1.82) is 0 Å². The number of terminal acetylenes is 1. The van der Waals surface area contributed by atoms with Gasteiger partial charge in [-0.2, -0.15) is 0 Å². The van der Waals surface area contributed by atoms with Crippen molar-refractivity contribution in [3.63, 3.8) is 0 Å². The number of rotatable bonds is 7. The Bertz CT molecular complexity index is 438. The van der Waals surface area contributed by atoms with Gasteiger partial charge < -0.3 is 10.2 Å². The van der Waals surface area contributed by atoms with E-state index >= 15 is 0 Å². The maximum atomic E-state index is 6.18. The van der Waals surface area contributed by atoms with Crippen molar-refractivity contribution >= 4 is 17.4 Å². The van der Waals surface area contributed by atoms with E-state index in [-0.39, 0.29) is 0 Å². The van der Waals surface area contributed by atoms with Gasteiger partial charge in [0, 0.05) is 25.3 Å². The molecule has 0 aromatic carbocycles. The molecule has 0 radical (unpaired) electrons. The van der Waals surface area contributed by atoms with Gasteiger partial charge in [0.25, 0.3) is 0 Å². The van der Waals surface area contributed by atoms with Crippen molar-refractivity contribution in [2.24, 2.45) is 0 Å². The van der Waals surface area contributed by atoms with Crippen molar-refractivity contribution in [2.75, 3.05) is 18.0 Å². The second-order valence-electron chi connectivity index (χ2n) is 4.80. The lowest BCUT2D eigenvalue weighted by atomic mass is 10.2. The van der Waals surface area contributed by atoms with Crippen LogP contribution in [0.25, 0.3) is 0 Å². The number of hydrogen-bond donors (Lipinski definition) is 1. The summed E-state index contributed by atoms with van der Waals surface area (Å²) in [5.41, 5.74) is 1.05. The number of pyridine rings is 1. The Kier molecular flexibility index (Phi) is 6.69. The van der Waals surface area contributed by atoms with E-state index in [1.54, 1.807) is 6.20 Å². The second kappa shape index (κ2) is 8.04. The number of hydrogen-bond acceptors (Lipinski definition) is 3. The molecular weight excluding hydrogens is 258 g/mol. The first-order chi connectivity index (χ1) is 9.08. The van der Waals surface area contributed by atoms with E-state index in [1.165, 1.54) is 0 Å². The van der Waals surface area contributed by atoms with Gasteiger partial charge in [-0.15, -0.1) is 6.42 Å². The molecule has 1 rings (SSSR count). The molecule has 0 spiro atoms. The van der Waals surface area contributed by atoms with Crippen LogP contribution >= 0.6 is 11.6 Å². The standard InChI is InChI=1S/C15H22ClN3/c1-5-7-19(8-6-2)15-9-13(10-17-12(3)4)14(16)11-18-15/h1,9,11-12,17H,6-8,10H2,2-4H3. The smallest absolute Gasteiger partial charge is 0.129 e. The summed E-state index contributed by atoms with van der Waals surface area (Å²) >= 11 is 6.18. The molecule has 1 aromatic rings. The predicted molar refractivity (Wildman–Crippen MR) is 82.6 cm³/mol. The fourth-order valence-corrected chi connectivity index (χ4v) is 1.92. The highest BCUT2D eigenvalue weighted by Gasteiger charge is 2.09. The quantitative estimate of drug-likeness (QED) is 0.778. The molecule has 1 N–H and O–H groups in total. The molecule has 104 valence electrons. The van der Waals surface area contributed by atoms with Gasteiger partial charge in [0.15, 0.2) is 0 Å². The number of aromatic nitrogens is 1. The van der Waals surface area contributed by atoms with Gasteiger partial charge >= 0.3 is 0 Å². The van der Waals surface area contributed by atoms with Crippen molar-refractivity contribution < 1.29 is 0 Å². The van der Waals surface area contributed by atoms with Gasteiger partial charge in [-0.3, -0.25) is 0 Å². The molecule has 0 atom stereocenters. The van der Waals surface area contributed by atoms with Crippen LogP contribution in [-0.2, 0) is 6.54 Å². The van der Waals surface area contributed by atoms with E-state index in [1.807, 2.05) is 6.07 Å². The largest absolute Gasteiger partial charge is 0.345 e. The van der Waals surface area contributed by atoms with E-state index in [0.29, 0.717) is 17.6 Å². The fraction of sp³-hybridized carbons (Fsp3) is 0.533. The van der Waals surface area contributed by atoms with Crippen molar-refractivity contribution in [3.05, 3.63) is 22.8 Å². The molecule has 0 saturated heterocycles. The molecule has 0 fully saturated rings. The SMILES string of the molecule is C#CCN(CCC)c1cc(CNC(C)C)c(Cl)cn1. The fourth-order valence-electron chi connectivity index (χ4n) is 1.74. The lowest BCUT2D eigenvalue weighted by molar-refractivity contribution is 0.588. The molecule has 1 heterocycles. The third-order valence-electron chi connectivity index (χ3n) is 2.72. The molecule has 1 aromatic heterocycles. The minimum Gasteiger partial charge on any atom is -0.345 e. The Morgan fingerprint density at radius 3 is 2.84 bits per heavy atom. The highest BCUT2D eigenvalue weighted by atomic mass is 35.5. The Labute approximate surface area is 121 Å². The lowest BCUT2D eigenvalue weighted by Gasteiger charge is -2.21. The molecule has 0 saturated carbocycles. The van der Waals surface area contributed by atoms with Crippen LogP contribution in [0.3, 0.4) is 0 Å². The third kappa shape index (κ3) is 5.10. The summed E-state index contributed by atoms with van der Waals surface area (Å²) in [7, 11) is 0. The van der Waals surface area contributed by atoms with Gasteiger partial charge in [-0.05, 0) is 18.1 Å². The van der Waals surface area contributed by atoms with Gasteiger partial charge in [0.05, 0.1) is 11.6 Å². The maximum Gasteiger partial charge on any atom is 0.129 e. The Morgan fingerprint density at radius 2 is 2.26 bits per heavy atom. The summed E-state index contributed by atoms with van der Waals surface area (Å²) < 4.78 is 0. The molecule has 0 bridgehead atoms. The summed E-state index contributed by atoms with van der Waals surface area (Å²) in [6.45, 7) is 8.55. The number of anilines is 1. The second-order valence-corrected chi connectivity index (χ2v) is 5.20. The lowest BCUT2D eigenvalue weighted by Crippen LogP contribution is -2.26. The first kappa shape index (κ1) is 15.8. The van der Waals surface area contributed by atoms with Gasteiger partial charge in [-0.1, -0.05) is 38.3 Å². The van der Waals surface area contributed by atoms with Gasteiger partial charge in [-0.25, -0.2) is 4.98 Å². The van der Waals surface area contributed by atoms with Gasteiger partial charge in [0.1, 0.15) is 5.82 Å². The predicted octanol–water partition coefficient (Wildman–Crippen LogP) is 3.08. The summed E-state index contributed by atoms with van der Waals surface area (Å²) in [5.74, 6) is 3.57. The minimum absolute atomic E-state index is 0.421. The molecule has 0 amide bonds. The van der Waals surface area contributed by atoms with Crippen LogP contribution < -0.4 is 10.2 Å². The number of halogens is 1. The third-order valence-corrected chi connectivity index (χ3v) is 3.06. The van der Waals surface area contributed by atoms with E-state index < -0.39 is 0 Å². The minimum atomic E-state index is 0.421. The van der Waals surface area contributed by atoms with Crippen molar-refractivity contribution in [1.82, 2.24) is 10.3 Å². The number of nitrogens with one attached hydrogen (secondary N) is 1. The first-order valence-corrected chi connectivity index (χ1v) is 7.02. The highest BCUT2D eigenvalue weighted by Crippen LogP contribution is 2.20. The summed E-state index contributed by atoms with van der Waals surface area (Å²) in [5, 5.41) is 4.05. The first-order valence-electron chi connectivity index (χ1n) is 6.64. The average Bonchev–Trinajstić information content (AvgIpc) is 2.37. The van der Waals surface area contributed by atoms with Crippen molar-refractivity contribution in [2.45, 2.75) is 39.8 Å². The van der Waals surface area contributed by atoms with Crippen LogP contribution in [0.2, 0.25) is 5.02 Å². The Hall–Kier alpha value is -1.24. The molecular formula is C15H22ClN3. The van der Waals surface area contributed by atoms with E-state index in [9.17, 15) is 0 Å². The van der Waals surface area contributed by atoms with Crippen LogP contribution in [0.15, 0.2) is 12.3 Å². The molecule has 0 unspecified atom stereocenters. The number of nitrogens with zero attached hydrogens (tertiary/aromatic N) is 2. The summed E-state index contributed by atoms with van der Waals surface area (Å²) in [4.78, 5) is 6.47.